The minimum absolute atomic E-state index is 0.0356. The standard InChI is InChI=1S/C26H27B7ClN3O4.C2H6/c1-11-14(7-8-37(11)26(32,33)17-18(27)20(29)22(31)21(30)19(17)28)35-23(38)12-9-13(34)15(10-16(12)40-6)36(5)24(39)41-25(2,3)4;1-2/h9-11,14H,7-8H2,1-6H3,(H,35,38);1-2H3/t11-,14-;/m1./s1. The van der Waals surface area contributed by atoms with Crippen molar-refractivity contribution in [2.45, 2.75) is 71.0 Å². The van der Waals surface area contributed by atoms with E-state index in [-0.39, 0.29) is 61.3 Å². The molecule has 2 amide bonds. The number of likely N-dealkylation sites (tertiary alicyclic amines) is 1. The van der Waals surface area contributed by atoms with Crippen LogP contribution in [0.2, 0.25) is 5.02 Å². The van der Waals surface area contributed by atoms with E-state index in [2.05, 4.69) is 5.32 Å². The monoisotopic (exact) mass is 587 g/mol. The first kappa shape index (κ1) is 36.9. The van der Waals surface area contributed by atoms with Crippen molar-refractivity contribution < 1.29 is 19.1 Å². The molecular formula is C28H33B7ClN3O4. The normalized spacial score (nSPS) is 17.0. The second-order valence-electron chi connectivity index (χ2n) is 11.1. The Hall–Kier alpha value is -2.32. The largest absolute Gasteiger partial charge is 0.496 e. The number of methoxy groups -OCH3 is 1. The lowest BCUT2D eigenvalue weighted by atomic mass is 9.48. The van der Waals surface area contributed by atoms with E-state index in [0.717, 1.165) is 0 Å². The fourth-order valence-corrected chi connectivity index (χ4v) is 5.19. The number of rotatable bonds is 6. The van der Waals surface area contributed by atoms with Gasteiger partial charge in [-0.05, 0) is 52.1 Å². The van der Waals surface area contributed by atoms with Crippen LogP contribution in [0.5, 0.6) is 5.75 Å². The van der Waals surface area contributed by atoms with Crippen molar-refractivity contribution >= 4 is 112 Å². The topological polar surface area (TPSA) is 71.1 Å². The molecule has 1 saturated heterocycles. The van der Waals surface area contributed by atoms with Crippen LogP contribution in [0, 0.1) is 0 Å². The predicted molar refractivity (Wildman–Crippen MR) is 183 cm³/mol. The Balaban J connectivity index is 0.00000316. The first-order valence-corrected chi connectivity index (χ1v) is 14.2. The predicted octanol–water partition coefficient (Wildman–Crippen LogP) is -0.945. The third-order valence-corrected chi connectivity index (χ3v) is 7.49. The molecule has 0 saturated carbocycles. The van der Waals surface area contributed by atoms with Crippen LogP contribution in [0.25, 0.3) is 0 Å². The van der Waals surface area contributed by atoms with Gasteiger partial charge in [-0.2, -0.15) is 0 Å². The van der Waals surface area contributed by atoms with Gasteiger partial charge in [0.2, 0.25) is 0 Å². The number of amides is 2. The second kappa shape index (κ2) is 14.2. The number of nitrogens with zero attached hydrogens (tertiary/aromatic N) is 2. The Bertz CT molecular complexity index is 1340. The molecule has 0 bridgehead atoms. The molecular weight excluding hydrogens is 553 g/mol. The van der Waals surface area contributed by atoms with Gasteiger partial charge in [0.15, 0.2) is 0 Å². The molecule has 0 aliphatic carbocycles. The van der Waals surface area contributed by atoms with Crippen LogP contribution >= 0.6 is 11.6 Å². The Morgan fingerprint density at radius 1 is 1.00 bits per heavy atom. The molecule has 0 aromatic heterocycles. The summed E-state index contributed by atoms with van der Waals surface area (Å²) < 4.78 is 10.9. The zero-order valence-electron chi connectivity index (χ0n) is 26.2. The highest BCUT2D eigenvalue weighted by atomic mass is 35.5. The lowest BCUT2D eigenvalue weighted by Gasteiger charge is -2.44. The van der Waals surface area contributed by atoms with E-state index in [4.69, 9.17) is 76.0 Å². The summed E-state index contributed by atoms with van der Waals surface area (Å²) in [5, 5.41) is 1.46. The number of hydrogen-bond donors (Lipinski definition) is 1. The maximum Gasteiger partial charge on any atom is 0.414 e. The van der Waals surface area contributed by atoms with Crippen LogP contribution < -0.4 is 42.3 Å². The summed E-state index contributed by atoms with van der Waals surface area (Å²) in [5.41, 5.74) is 0.120. The van der Waals surface area contributed by atoms with Gasteiger partial charge in [-0.15, -0.1) is 27.3 Å². The zero-order valence-corrected chi connectivity index (χ0v) is 26.9. The van der Waals surface area contributed by atoms with Crippen LogP contribution in [0.1, 0.15) is 63.9 Å². The van der Waals surface area contributed by atoms with Crippen LogP contribution in [0.4, 0.5) is 10.5 Å². The van der Waals surface area contributed by atoms with E-state index in [9.17, 15) is 9.59 Å². The number of nitrogens with one attached hydrogen (secondary N) is 1. The Morgan fingerprint density at radius 2 is 1.51 bits per heavy atom. The molecule has 3 rings (SSSR count). The smallest absolute Gasteiger partial charge is 0.414 e. The van der Waals surface area contributed by atoms with E-state index in [1.807, 2.05) is 20.8 Å². The highest BCUT2D eigenvalue weighted by Crippen LogP contribution is 2.35. The molecule has 2 aromatic carbocycles. The lowest BCUT2D eigenvalue weighted by molar-refractivity contribution is 0.0589. The average Bonchev–Trinajstić information content (AvgIpc) is 3.30. The fourth-order valence-electron chi connectivity index (χ4n) is 4.90. The van der Waals surface area contributed by atoms with Crippen molar-refractivity contribution in [3.8, 4) is 5.75 Å². The fraction of sp³-hybridized carbons (Fsp3) is 0.500. The summed E-state index contributed by atoms with van der Waals surface area (Å²) in [4.78, 5) is 29.0. The molecule has 1 aliphatic heterocycles. The van der Waals surface area contributed by atoms with Crippen molar-refractivity contribution in [3.63, 3.8) is 0 Å². The molecule has 43 heavy (non-hydrogen) atoms. The average molecular weight is 587 g/mol. The van der Waals surface area contributed by atoms with E-state index < -0.39 is 22.9 Å². The van der Waals surface area contributed by atoms with Gasteiger partial charge in [0.1, 0.15) is 50.6 Å². The summed E-state index contributed by atoms with van der Waals surface area (Å²) in [6, 6.07) is 2.18. The van der Waals surface area contributed by atoms with Crippen LogP contribution in [-0.2, 0) is 10.1 Å². The summed E-state index contributed by atoms with van der Waals surface area (Å²) in [6.45, 7) is 11.5. The Labute approximate surface area is 270 Å². The first-order valence-electron chi connectivity index (χ1n) is 13.8. The third-order valence-electron chi connectivity index (χ3n) is 7.19. The van der Waals surface area contributed by atoms with Crippen molar-refractivity contribution in [1.82, 2.24) is 10.2 Å². The number of hydrogen-bond acceptors (Lipinski definition) is 5. The van der Waals surface area contributed by atoms with Gasteiger partial charge < -0.3 is 19.7 Å². The Kier molecular flexibility index (Phi) is 12.2. The van der Waals surface area contributed by atoms with Crippen LogP contribution in [-0.4, -0.2) is 110 Å². The number of halogens is 1. The van der Waals surface area contributed by atoms with E-state index in [1.165, 1.54) is 31.2 Å². The van der Waals surface area contributed by atoms with Gasteiger partial charge in [0, 0.05) is 25.2 Å². The molecule has 212 valence electrons. The highest BCUT2D eigenvalue weighted by molar-refractivity contribution is 6.68. The Morgan fingerprint density at radius 3 is 2.00 bits per heavy atom. The third kappa shape index (κ3) is 7.68. The van der Waals surface area contributed by atoms with Gasteiger partial charge in [0.05, 0.1) is 39.1 Å². The number of carbonyl (C=O) groups is 2. The minimum Gasteiger partial charge on any atom is -0.496 e. The SMILES string of the molecule is CC.[B]c1c([B])c([B])c(C([B])([B])N2CC[C@@H](NC(=O)c3cc(Cl)c(N(C)C(=O)OC(C)(C)C)cc3OC)[C@H]2C)c([B])c1[B]. The summed E-state index contributed by atoms with van der Waals surface area (Å²) in [6.07, 6.45) is -0.116. The molecule has 14 radical (unpaired) electrons. The number of anilines is 1. The summed E-state index contributed by atoms with van der Waals surface area (Å²) in [5.74, 6) is -0.242. The molecule has 0 unspecified atom stereocenters. The van der Waals surface area contributed by atoms with Crippen LogP contribution in [0.3, 0.4) is 0 Å². The quantitative estimate of drug-likeness (QED) is 0.443. The van der Waals surface area contributed by atoms with Gasteiger partial charge in [-0.1, -0.05) is 31.0 Å². The van der Waals surface area contributed by atoms with E-state index >= 15 is 0 Å². The van der Waals surface area contributed by atoms with Crippen molar-refractivity contribution in [1.29, 1.82) is 0 Å². The molecule has 2 aromatic rings. The van der Waals surface area contributed by atoms with E-state index in [0.29, 0.717) is 18.7 Å². The van der Waals surface area contributed by atoms with Gasteiger partial charge in [0.25, 0.3) is 5.91 Å². The second-order valence-corrected chi connectivity index (χ2v) is 11.5. The number of ether oxygens (including phenoxy) is 2. The molecule has 1 N–H and O–H groups in total. The summed E-state index contributed by atoms with van der Waals surface area (Å²) in [7, 11) is 46.5. The lowest BCUT2D eigenvalue weighted by Crippen LogP contribution is -2.63. The molecule has 1 heterocycles. The number of carbonyl (C=O) groups excluding carboxylic acids is 2. The van der Waals surface area contributed by atoms with Crippen molar-refractivity contribution in [3.05, 3.63) is 28.3 Å². The summed E-state index contributed by atoms with van der Waals surface area (Å²) >= 11 is 6.50. The van der Waals surface area contributed by atoms with Gasteiger partial charge in [-0.3, -0.25) is 9.69 Å². The van der Waals surface area contributed by atoms with Crippen molar-refractivity contribution in [2.75, 3.05) is 25.6 Å². The maximum absolute atomic E-state index is 13.4. The molecule has 2 atom stereocenters. The van der Waals surface area contributed by atoms with E-state index in [1.54, 1.807) is 25.7 Å². The van der Waals surface area contributed by atoms with Crippen LogP contribution in [0.15, 0.2) is 12.1 Å². The first-order chi connectivity index (χ1) is 19.8. The van der Waals surface area contributed by atoms with Crippen molar-refractivity contribution in [2.24, 2.45) is 0 Å². The highest BCUT2D eigenvalue weighted by Gasteiger charge is 2.41. The molecule has 7 nitrogen and oxygen atoms in total. The molecule has 1 fully saturated rings. The zero-order chi connectivity index (χ0) is 33.2. The molecule has 15 heteroatoms. The number of benzene rings is 2. The van der Waals surface area contributed by atoms with Gasteiger partial charge in [-0.25, -0.2) is 4.79 Å². The molecule has 0 spiro atoms. The minimum atomic E-state index is -1.68. The van der Waals surface area contributed by atoms with Gasteiger partial charge >= 0.3 is 6.09 Å². The maximum atomic E-state index is 13.4. The molecule has 1 aliphatic rings.